The van der Waals surface area contributed by atoms with Crippen molar-refractivity contribution in [3.63, 3.8) is 0 Å². The van der Waals surface area contributed by atoms with Crippen LogP contribution in [0, 0.1) is 26.7 Å². The number of unbranched alkanes of at least 4 members (excludes halogenated alkanes) is 1. The van der Waals surface area contributed by atoms with Gasteiger partial charge in [-0.05, 0) is 69.6 Å². The molecule has 152 valence electrons. The fourth-order valence-corrected chi connectivity index (χ4v) is 4.47. The Morgan fingerprint density at radius 1 is 1.07 bits per heavy atom. The zero-order valence-electron chi connectivity index (χ0n) is 18.7. The Labute approximate surface area is 167 Å². The standard InChI is InChI=1S/C25H40O2/c1-8-10-13-17(3)14-11-15-25(7)16-21(12-9-2)22-20(6)23(26)18(4)19(5)24(22)27-25/h12,17,26H,8-11,13-16H2,1-7H3. The molecule has 0 amide bonds. The van der Waals surface area contributed by atoms with Crippen LogP contribution in [0.15, 0.2) is 6.08 Å². The first-order valence-corrected chi connectivity index (χ1v) is 10.9. The van der Waals surface area contributed by atoms with Crippen LogP contribution in [0.1, 0.15) is 101 Å². The predicted octanol–water partition coefficient (Wildman–Crippen LogP) is 7.65. The van der Waals surface area contributed by atoms with Crippen molar-refractivity contribution in [2.24, 2.45) is 5.92 Å². The van der Waals surface area contributed by atoms with E-state index in [-0.39, 0.29) is 5.60 Å². The number of aromatic hydroxyl groups is 1. The summed E-state index contributed by atoms with van der Waals surface area (Å²) in [5.74, 6) is 2.22. The Hall–Kier alpha value is -1.44. The first kappa shape index (κ1) is 21.9. The van der Waals surface area contributed by atoms with Gasteiger partial charge in [-0.25, -0.2) is 0 Å². The highest BCUT2D eigenvalue weighted by molar-refractivity contribution is 5.79. The molecule has 0 aliphatic carbocycles. The molecule has 27 heavy (non-hydrogen) atoms. The van der Waals surface area contributed by atoms with Gasteiger partial charge in [-0.3, -0.25) is 0 Å². The van der Waals surface area contributed by atoms with Gasteiger partial charge < -0.3 is 9.84 Å². The lowest BCUT2D eigenvalue weighted by atomic mass is 9.80. The van der Waals surface area contributed by atoms with E-state index in [4.69, 9.17) is 4.74 Å². The Balaban J connectivity index is 2.25. The summed E-state index contributed by atoms with van der Waals surface area (Å²) >= 11 is 0. The van der Waals surface area contributed by atoms with Crippen molar-refractivity contribution in [3.8, 4) is 11.5 Å². The van der Waals surface area contributed by atoms with E-state index >= 15 is 0 Å². The molecule has 2 heteroatoms. The lowest BCUT2D eigenvalue weighted by Gasteiger charge is -2.39. The molecule has 0 aromatic heterocycles. The van der Waals surface area contributed by atoms with E-state index in [1.165, 1.54) is 37.7 Å². The van der Waals surface area contributed by atoms with E-state index in [9.17, 15) is 5.11 Å². The molecule has 0 saturated heterocycles. The molecular weight excluding hydrogens is 332 g/mol. The van der Waals surface area contributed by atoms with Crippen molar-refractivity contribution in [3.05, 3.63) is 28.3 Å². The Morgan fingerprint density at radius 3 is 2.37 bits per heavy atom. The van der Waals surface area contributed by atoms with Crippen LogP contribution < -0.4 is 4.74 Å². The van der Waals surface area contributed by atoms with Crippen LogP contribution >= 0.6 is 0 Å². The number of ether oxygens (including phenoxy) is 1. The molecule has 2 unspecified atom stereocenters. The van der Waals surface area contributed by atoms with Crippen LogP contribution in [-0.4, -0.2) is 10.7 Å². The molecule has 2 atom stereocenters. The van der Waals surface area contributed by atoms with Crippen LogP contribution in [-0.2, 0) is 0 Å². The highest BCUT2D eigenvalue weighted by Gasteiger charge is 2.36. The van der Waals surface area contributed by atoms with E-state index in [0.29, 0.717) is 5.75 Å². The molecular formula is C25H40O2. The van der Waals surface area contributed by atoms with Crippen molar-refractivity contribution in [1.82, 2.24) is 0 Å². The van der Waals surface area contributed by atoms with Crippen LogP contribution in [0.4, 0.5) is 0 Å². The molecule has 1 aromatic carbocycles. The first-order valence-electron chi connectivity index (χ1n) is 10.9. The van der Waals surface area contributed by atoms with Crippen molar-refractivity contribution in [2.45, 2.75) is 105 Å². The lowest BCUT2D eigenvalue weighted by Crippen LogP contribution is -2.36. The molecule has 0 radical (unpaired) electrons. The van der Waals surface area contributed by atoms with Crippen molar-refractivity contribution < 1.29 is 9.84 Å². The lowest BCUT2D eigenvalue weighted by molar-refractivity contribution is 0.0719. The largest absolute Gasteiger partial charge is 0.507 e. The molecule has 1 aromatic rings. The highest BCUT2D eigenvalue weighted by Crippen LogP contribution is 2.49. The van der Waals surface area contributed by atoms with Gasteiger partial charge in [-0.15, -0.1) is 0 Å². The number of hydrogen-bond donors (Lipinski definition) is 1. The van der Waals surface area contributed by atoms with Crippen LogP contribution in [0.25, 0.3) is 5.57 Å². The van der Waals surface area contributed by atoms with Crippen LogP contribution in [0.5, 0.6) is 11.5 Å². The molecule has 2 rings (SSSR count). The average molecular weight is 373 g/mol. The maximum absolute atomic E-state index is 10.5. The summed E-state index contributed by atoms with van der Waals surface area (Å²) in [5.41, 5.74) is 5.31. The number of phenolic OH excluding ortho intramolecular Hbond substituents is 1. The molecule has 0 fully saturated rings. The second kappa shape index (κ2) is 9.17. The molecule has 0 saturated carbocycles. The fraction of sp³-hybridized carbons (Fsp3) is 0.680. The van der Waals surface area contributed by atoms with E-state index in [1.807, 2.05) is 13.8 Å². The minimum Gasteiger partial charge on any atom is -0.507 e. The fourth-order valence-electron chi connectivity index (χ4n) is 4.47. The summed E-state index contributed by atoms with van der Waals surface area (Å²) in [7, 11) is 0. The number of benzene rings is 1. The zero-order chi connectivity index (χ0) is 20.2. The number of hydrogen-bond acceptors (Lipinski definition) is 2. The van der Waals surface area contributed by atoms with Crippen molar-refractivity contribution in [2.75, 3.05) is 0 Å². The number of phenols is 1. The minimum absolute atomic E-state index is 0.154. The molecule has 2 nitrogen and oxygen atoms in total. The van der Waals surface area contributed by atoms with Gasteiger partial charge in [0, 0.05) is 17.5 Å². The maximum Gasteiger partial charge on any atom is 0.131 e. The van der Waals surface area contributed by atoms with Gasteiger partial charge in [0.25, 0.3) is 0 Å². The van der Waals surface area contributed by atoms with E-state index in [2.05, 4.69) is 40.7 Å². The summed E-state index contributed by atoms with van der Waals surface area (Å²) in [5, 5.41) is 10.5. The van der Waals surface area contributed by atoms with Crippen LogP contribution in [0.3, 0.4) is 0 Å². The van der Waals surface area contributed by atoms with Crippen molar-refractivity contribution in [1.29, 1.82) is 0 Å². The summed E-state index contributed by atoms with van der Waals surface area (Å²) < 4.78 is 6.65. The molecule has 1 N–H and O–H groups in total. The van der Waals surface area contributed by atoms with Crippen LogP contribution in [0.2, 0.25) is 0 Å². The number of allylic oxidation sites excluding steroid dienone is 1. The average Bonchev–Trinajstić information content (AvgIpc) is 2.62. The second-order valence-electron chi connectivity index (χ2n) is 8.93. The van der Waals surface area contributed by atoms with Gasteiger partial charge in [0.2, 0.25) is 0 Å². The maximum atomic E-state index is 10.5. The van der Waals surface area contributed by atoms with Gasteiger partial charge >= 0.3 is 0 Å². The molecule has 1 heterocycles. The minimum atomic E-state index is -0.154. The third-order valence-corrected chi connectivity index (χ3v) is 6.35. The van der Waals surface area contributed by atoms with Gasteiger partial charge in [0.05, 0.1) is 0 Å². The Kier molecular flexibility index (Phi) is 7.42. The summed E-state index contributed by atoms with van der Waals surface area (Å²) in [4.78, 5) is 0. The quantitative estimate of drug-likeness (QED) is 0.508. The van der Waals surface area contributed by atoms with Gasteiger partial charge in [0.15, 0.2) is 0 Å². The zero-order valence-corrected chi connectivity index (χ0v) is 18.7. The Morgan fingerprint density at radius 2 is 1.74 bits per heavy atom. The summed E-state index contributed by atoms with van der Waals surface area (Å²) in [6.45, 7) is 15.2. The topological polar surface area (TPSA) is 29.5 Å². The molecule has 1 aliphatic heterocycles. The normalized spacial score (nSPS) is 21.8. The molecule has 1 aliphatic rings. The predicted molar refractivity (Wildman–Crippen MR) is 117 cm³/mol. The molecule has 0 spiro atoms. The summed E-state index contributed by atoms with van der Waals surface area (Å²) in [6.07, 6.45) is 11.8. The first-order chi connectivity index (χ1) is 12.7. The Bertz CT molecular complexity index is 686. The van der Waals surface area contributed by atoms with E-state index < -0.39 is 0 Å². The smallest absolute Gasteiger partial charge is 0.131 e. The van der Waals surface area contributed by atoms with E-state index in [1.54, 1.807) is 0 Å². The van der Waals surface area contributed by atoms with Gasteiger partial charge in [-0.2, -0.15) is 0 Å². The highest BCUT2D eigenvalue weighted by atomic mass is 16.5. The van der Waals surface area contributed by atoms with E-state index in [0.717, 1.165) is 53.2 Å². The van der Waals surface area contributed by atoms with Crippen molar-refractivity contribution >= 4 is 5.57 Å². The van der Waals surface area contributed by atoms with Gasteiger partial charge in [-0.1, -0.05) is 52.5 Å². The third kappa shape index (κ3) is 4.89. The monoisotopic (exact) mass is 372 g/mol. The number of rotatable bonds is 8. The third-order valence-electron chi connectivity index (χ3n) is 6.35. The summed E-state index contributed by atoms with van der Waals surface area (Å²) in [6, 6.07) is 0. The number of fused-ring (bicyclic) bond motifs is 1. The molecule has 0 bridgehead atoms. The second-order valence-corrected chi connectivity index (χ2v) is 8.93. The van der Waals surface area contributed by atoms with Gasteiger partial charge in [0.1, 0.15) is 17.1 Å². The SMILES string of the molecule is CCC=C1CC(C)(CCCC(C)CCCC)Oc2c(C)c(C)c(O)c(C)c21.